The van der Waals surface area contributed by atoms with Gasteiger partial charge in [-0.25, -0.2) is 4.79 Å². The molecule has 1 aromatic heterocycles. The van der Waals surface area contributed by atoms with Crippen LogP contribution < -0.4 is 10.6 Å². The third-order valence-corrected chi connectivity index (χ3v) is 6.25. The Morgan fingerprint density at radius 2 is 1.70 bits per heavy atom. The number of thioether (sulfide) groups is 1. The number of anilines is 1. The minimum atomic E-state index is -0.378. The number of amides is 2. The highest BCUT2D eigenvalue weighted by Crippen LogP contribution is 2.28. The predicted molar refractivity (Wildman–Crippen MR) is 134 cm³/mol. The monoisotopic (exact) mass is 477 g/mol. The van der Waals surface area contributed by atoms with E-state index in [2.05, 4.69) is 45.1 Å². The van der Waals surface area contributed by atoms with E-state index in [-0.39, 0.29) is 12.1 Å². The fourth-order valence-electron chi connectivity index (χ4n) is 3.28. The van der Waals surface area contributed by atoms with Crippen molar-refractivity contribution in [1.82, 2.24) is 20.1 Å². The third kappa shape index (κ3) is 5.94. The number of carbonyl (C=O) groups is 1. The standard InChI is InChI=1S/C25H24ClN5OS/c1-17-8-14-22(15-9-17)31-23(29-30-25(31)33-16-19-6-4-3-5-7-19)18(2)27-24(32)28-21-12-10-20(26)11-13-21/h3-15,18H,16H2,1-2H3,(H2,27,28,32). The van der Waals surface area contributed by atoms with Gasteiger partial charge in [0, 0.05) is 22.2 Å². The molecule has 8 heteroatoms. The number of urea groups is 1. The van der Waals surface area contributed by atoms with Crippen molar-refractivity contribution >= 4 is 35.1 Å². The number of hydrogen-bond acceptors (Lipinski definition) is 4. The van der Waals surface area contributed by atoms with Gasteiger partial charge in [0.05, 0.1) is 6.04 Å². The van der Waals surface area contributed by atoms with E-state index in [9.17, 15) is 4.79 Å². The fourth-order valence-corrected chi connectivity index (χ4v) is 4.32. The van der Waals surface area contributed by atoms with E-state index < -0.39 is 0 Å². The van der Waals surface area contributed by atoms with Crippen molar-refractivity contribution in [2.75, 3.05) is 5.32 Å². The summed E-state index contributed by atoms with van der Waals surface area (Å²) in [5.41, 5.74) is 3.97. The lowest BCUT2D eigenvalue weighted by molar-refractivity contribution is 0.249. The quantitative estimate of drug-likeness (QED) is 0.302. The van der Waals surface area contributed by atoms with Crippen molar-refractivity contribution in [3.8, 4) is 5.69 Å². The average molecular weight is 478 g/mol. The van der Waals surface area contributed by atoms with Crippen molar-refractivity contribution in [1.29, 1.82) is 0 Å². The molecule has 0 radical (unpaired) electrons. The lowest BCUT2D eigenvalue weighted by Crippen LogP contribution is -2.32. The summed E-state index contributed by atoms with van der Waals surface area (Å²) in [5, 5.41) is 16.0. The minimum Gasteiger partial charge on any atom is -0.328 e. The van der Waals surface area contributed by atoms with E-state index in [1.807, 2.05) is 48.7 Å². The molecule has 1 unspecified atom stereocenters. The van der Waals surface area contributed by atoms with Crippen molar-refractivity contribution in [2.45, 2.75) is 30.8 Å². The normalized spacial score (nSPS) is 11.7. The number of carbonyl (C=O) groups excluding carboxylic acids is 1. The van der Waals surface area contributed by atoms with Gasteiger partial charge in [0.15, 0.2) is 11.0 Å². The second kappa shape index (κ2) is 10.6. The molecule has 0 spiro atoms. The molecule has 33 heavy (non-hydrogen) atoms. The topological polar surface area (TPSA) is 71.8 Å². The first-order valence-corrected chi connectivity index (χ1v) is 11.9. The van der Waals surface area contributed by atoms with Gasteiger partial charge in [0.25, 0.3) is 0 Å². The summed E-state index contributed by atoms with van der Waals surface area (Å²) in [6.45, 7) is 3.94. The number of hydrogen-bond donors (Lipinski definition) is 2. The molecule has 3 aromatic carbocycles. The highest BCUT2D eigenvalue weighted by molar-refractivity contribution is 7.98. The fraction of sp³-hybridized carbons (Fsp3) is 0.160. The largest absolute Gasteiger partial charge is 0.328 e. The smallest absolute Gasteiger partial charge is 0.319 e. The predicted octanol–water partition coefficient (Wildman–Crippen LogP) is 6.40. The number of nitrogens with zero attached hydrogens (tertiary/aromatic N) is 3. The van der Waals surface area contributed by atoms with Crippen molar-refractivity contribution < 1.29 is 4.79 Å². The number of halogens is 1. The number of aromatic nitrogens is 3. The van der Waals surface area contributed by atoms with Crippen LogP contribution in [0.5, 0.6) is 0 Å². The molecule has 0 fully saturated rings. The van der Waals surface area contributed by atoms with Gasteiger partial charge in [-0.05, 0) is 55.8 Å². The van der Waals surface area contributed by atoms with Gasteiger partial charge in [0.2, 0.25) is 0 Å². The Labute approximate surface area is 202 Å². The summed E-state index contributed by atoms with van der Waals surface area (Å²) in [6, 6.07) is 24.7. The van der Waals surface area contributed by atoms with Crippen LogP contribution in [0.4, 0.5) is 10.5 Å². The van der Waals surface area contributed by atoms with Crippen molar-refractivity contribution in [3.63, 3.8) is 0 Å². The van der Waals surface area contributed by atoms with E-state index in [1.165, 1.54) is 11.1 Å². The Hall–Kier alpha value is -3.29. The highest BCUT2D eigenvalue weighted by Gasteiger charge is 2.21. The van der Waals surface area contributed by atoms with E-state index in [0.29, 0.717) is 16.5 Å². The van der Waals surface area contributed by atoms with Gasteiger partial charge in [-0.2, -0.15) is 0 Å². The molecule has 4 aromatic rings. The van der Waals surface area contributed by atoms with Crippen LogP contribution in [0.25, 0.3) is 5.69 Å². The first-order chi connectivity index (χ1) is 16.0. The van der Waals surface area contributed by atoms with Crippen LogP contribution in [-0.2, 0) is 5.75 Å². The van der Waals surface area contributed by atoms with Crippen LogP contribution in [0.1, 0.15) is 29.9 Å². The molecule has 0 aliphatic heterocycles. The van der Waals surface area contributed by atoms with Gasteiger partial charge in [-0.1, -0.05) is 71.4 Å². The molecule has 0 aliphatic rings. The molecule has 0 saturated heterocycles. The van der Waals surface area contributed by atoms with Gasteiger partial charge in [-0.15, -0.1) is 10.2 Å². The maximum absolute atomic E-state index is 12.6. The van der Waals surface area contributed by atoms with Crippen molar-refractivity contribution in [3.05, 3.63) is 101 Å². The van der Waals surface area contributed by atoms with Crippen LogP contribution >= 0.6 is 23.4 Å². The Morgan fingerprint density at radius 1 is 1.00 bits per heavy atom. The van der Waals surface area contributed by atoms with Crippen LogP contribution in [0.2, 0.25) is 5.02 Å². The first-order valence-electron chi connectivity index (χ1n) is 10.5. The summed E-state index contributed by atoms with van der Waals surface area (Å²) in [4.78, 5) is 12.6. The Bertz CT molecular complexity index is 1210. The van der Waals surface area contributed by atoms with Crippen LogP contribution in [-0.4, -0.2) is 20.8 Å². The third-order valence-electron chi connectivity index (χ3n) is 5.00. The molecular weight excluding hydrogens is 454 g/mol. The maximum Gasteiger partial charge on any atom is 0.319 e. The molecule has 6 nitrogen and oxygen atoms in total. The molecule has 0 saturated carbocycles. The van der Waals surface area contributed by atoms with E-state index in [4.69, 9.17) is 11.6 Å². The van der Waals surface area contributed by atoms with Gasteiger partial charge in [-0.3, -0.25) is 4.57 Å². The Kier molecular flexibility index (Phi) is 7.32. The Balaban J connectivity index is 1.55. The SMILES string of the molecule is Cc1ccc(-n2c(SCc3ccccc3)nnc2C(C)NC(=O)Nc2ccc(Cl)cc2)cc1. The molecule has 2 amide bonds. The maximum atomic E-state index is 12.6. The van der Waals surface area contributed by atoms with Gasteiger partial charge in [0.1, 0.15) is 0 Å². The highest BCUT2D eigenvalue weighted by atomic mass is 35.5. The molecule has 168 valence electrons. The summed E-state index contributed by atoms with van der Waals surface area (Å²) in [5.74, 6) is 1.42. The molecule has 4 rings (SSSR count). The number of benzene rings is 3. The van der Waals surface area contributed by atoms with E-state index >= 15 is 0 Å². The Morgan fingerprint density at radius 3 is 2.39 bits per heavy atom. The second-order valence-electron chi connectivity index (χ2n) is 7.61. The molecule has 1 atom stereocenters. The lowest BCUT2D eigenvalue weighted by Gasteiger charge is -2.17. The summed E-state index contributed by atoms with van der Waals surface area (Å²) in [7, 11) is 0. The van der Waals surface area contributed by atoms with Crippen molar-refractivity contribution in [2.24, 2.45) is 0 Å². The van der Waals surface area contributed by atoms with E-state index in [0.717, 1.165) is 16.6 Å². The second-order valence-corrected chi connectivity index (χ2v) is 8.99. The molecule has 2 N–H and O–H groups in total. The number of nitrogens with one attached hydrogen (secondary N) is 2. The summed E-state index contributed by atoms with van der Waals surface area (Å²) >= 11 is 7.53. The van der Waals surface area contributed by atoms with Crippen LogP contribution in [0, 0.1) is 6.92 Å². The molecule has 1 heterocycles. The van der Waals surface area contributed by atoms with E-state index in [1.54, 1.807) is 36.0 Å². The number of aryl methyl sites for hydroxylation is 1. The zero-order chi connectivity index (χ0) is 23.2. The van der Waals surface area contributed by atoms with Gasteiger partial charge >= 0.3 is 6.03 Å². The molecule has 0 bridgehead atoms. The minimum absolute atomic E-state index is 0.332. The number of rotatable bonds is 7. The average Bonchev–Trinajstić information content (AvgIpc) is 3.24. The lowest BCUT2D eigenvalue weighted by atomic mass is 10.2. The van der Waals surface area contributed by atoms with Crippen LogP contribution in [0.3, 0.4) is 0 Å². The first kappa shape index (κ1) is 22.9. The summed E-state index contributed by atoms with van der Waals surface area (Å²) in [6.07, 6.45) is 0. The zero-order valence-corrected chi connectivity index (χ0v) is 19.9. The zero-order valence-electron chi connectivity index (χ0n) is 18.3. The van der Waals surface area contributed by atoms with Crippen LogP contribution in [0.15, 0.2) is 84.0 Å². The summed E-state index contributed by atoms with van der Waals surface area (Å²) < 4.78 is 2.00. The van der Waals surface area contributed by atoms with Gasteiger partial charge < -0.3 is 10.6 Å². The molecular formula is C25H24ClN5OS. The molecule has 0 aliphatic carbocycles.